The van der Waals surface area contributed by atoms with Gasteiger partial charge in [0.15, 0.2) is 0 Å². The van der Waals surface area contributed by atoms with Gasteiger partial charge in [0, 0.05) is 23.1 Å². The zero-order valence-electron chi connectivity index (χ0n) is 11.8. The zero-order chi connectivity index (χ0) is 14.8. The van der Waals surface area contributed by atoms with Gasteiger partial charge in [-0.25, -0.2) is 4.79 Å². The van der Waals surface area contributed by atoms with Crippen molar-refractivity contribution in [3.63, 3.8) is 0 Å². The van der Waals surface area contributed by atoms with Crippen molar-refractivity contribution in [1.29, 1.82) is 0 Å². The maximum absolute atomic E-state index is 11.3. The minimum absolute atomic E-state index is 0.189. The van der Waals surface area contributed by atoms with Gasteiger partial charge in [-0.1, -0.05) is 0 Å². The molecule has 2 heterocycles. The number of H-pyrrole nitrogens is 2. The number of aromatic amines is 2. The highest BCUT2D eigenvalue weighted by Crippen LogP contribution is 2.27. The van der Waals surface area contributed by atoms with Crippen LogP contribution in [0, 0.1) is 0 Å². The van der Waals surface area contributed by atoms with Crippen LogP contribution in [0.1, 0.15) is 13.3 Å². The summed E-state index contributed by atoms with van der Waals surface area (Å²) in [5, 5.41) is 6.93. The zero-order valence-corrected chi connectivity index (χ0v) is 13.4. The number of ether oxygens (including phenoxy) is 1. The summed E-state index contributed by atoms with van der Waals surface area (Å²) in [5.74, 6) is 0. The molecule has 0 saturated carbocycles. The number of hydrogen-bond acceptors (Lipinski definition) is 4. The molecule has 2 aromatic rings. The Bertz CT molecular complexity index is 675. The topological polar surface area (TPSA) is 81.9 Å². The largest absolute Gasteiger partial charge is 0.382 e. The van der Waals surface area contributed by atoms with Gasteiger partial charge in [-0.2, -0.15) is 0 Å². The number of hydrogen-bond donors (Lipinski definition) is 4. The molecule has 1 saturated heterocycles. The molecular formula is C14H19BrN4O2. The molecule has 0 spiro atoms. The molecule has 0 amide bonds. The van der Waals surface area contributed by atoms with E-state index in [-0.39, 0.29) is 5.69 Å². The summed E-state index contributed by atoms with van der Waals surface area (Å²) in [7, 11) is 0. The Labute approximate surface area is 130 Å². The molecular weight excluding hydrogens is 336 g/mol. The van der Waals surface area contributed by atoms with E-state index in [9.17, 15) is 4.79 Å². The third kappa shape index (κ3) is 3.48. The first-order valence-electron chi connectivity index (χ1n) is 7.11. The Hall–Kier alpha value is -1.31. The Morgan fingerprint density at radius 3 is 2.90 bits per heavy atom. The lowest BCUT2D eigenvalue weighted by molar-refractivity contribution is 0.0731. The van der Waals surface area contributed by atoms with Gasteiger partial charge < -0.3 is 25.3 Å². The average Bonchev–Trinajstić information content (AvgIpc) is 2.79. The fourth-order valence-electron chi connectivity index (χ4n) is 2.69. The SMILES string of the molecule is CC(CC1COCCN1)Nc1cc2[nH]c(=O)[nH]c2cc1Br. The van der Waals surface area contributed by atoms with Crippen LogP contribution in [0.5, 0.6) is 0 Å². The number of benzene rings is 1. The van der Waals surface area contributed by atoms with Crippen molar-refractivity contribution in [2.24, 2.45) is 0 Å². The van der Waals surface area contributed by atoms with Crippen molar-refractivity contribution in [3.05, 3.63) is 27.1 Å². The first kappa shape index (κ1) is 14.6. The van der Waals surface area contributed by atoms with E-state index in [2.05, 4.69) is 43.5 Å². The summed E-state index contributed by atoms with van der Waals surface area (Å²) in [6, 6.07) is 4.53. The van der Waals surface area contributed by atoms with Gasteiger partial charge in [-0.05, 0) is 41.4 Å². The van der Waals surface area contributed by atoms with E-state index < -0.39 is 0 Å². The first-order chi connectivity index (χ1) is 10.1. The van der Waals surface area contributed by atoms with E-state index in [4.69, 9.17) is 4.74 Å². The predicted molar refractivity (Wildman–Crippen MR) is 86.9 cm³/mol. The van der Waals surface area contributed by atoms with Crippen LogP contribution in [0.4, 0.5) is 5.69 Å². The van der Waals surface area contributed by atoms with E-state index in [0.717, 1.165) is 47.4 Å². The molecule has 114 valence electrons. The van der Waals surface area contributed by atoms with E-state index >= 15 is 0 Å². The van der Waals surface area contributed by atoms with Gasteiger partial charge in [-0.3, -0.25) is 0 Å². The third-order valence-corrected chi connectivity index (χ3v) is 4.30. The van der Waals surface area contributed by atoms with Crippen molar-refractivity contribution >= 4 is 32.7 Å². The molecule has 2 atom stereocenters. The van der Waals surface area contributed by atoms with Gasteiger partial charge in [0.05, 0.1) is 29.9 Å². The highest BCUT2D eigenvalue weighted by Gasteiger charge is 2.17. The Kier molecular flexibility index (Phi) is 4.32. The van der Waals surface area contributed by atoms with Crippen molar-refractivity contribution in [1.82, 2.24) is 15.3 Å². The van der Waals surface area contributed by atoms with E-state index in [1.807, 2.05) is 12.1 Å². The molecule has 1 aromatic heterocycles. The fraction of sp³-hybridized carbons (Fsp3) is 0.500. The average molecular weight is 355 g/mol. The van der Waals surface area contributed by atoms with Gasteiger partial charge in [-0.15, -0.1) is 0 Å². The van der Waals surface area contributed by atoms with Crippen LogP contribution in [0.2, 0.25) is 0 Å². The summed E-state index contributed by atoms with van der Waals surface area (Å²) in [5.41, 5.74) is 2.39. The lowest BCUT2D eigenvalue weighted by atomic mass is 10.1. The smallest absolute Gasteiger partial charge is 0.323 e. The van der Waals surface area contributed by atoms with Crippen LogP contribution >= 0.6 is 15.9 Å². The van der Waals surface area contributed by atoms with Crippen molar-refractivity contribution in [3.8, 4) is 0 Å². The third-order valence-electron chi connectivity index (χ3n) is 3.64. The van der Waals surface area contributed by atoms with Crippen LogP contribution in [-0.2, 0) is 4.74 Å². The number of anilines is 1. The highest BCUT2D eigenvalue weighted by molar-refractivity contribution is 9.10. The maximum Gasteiger partial charge on any atom is 0.323 e. The van der Waals surface area contributed by atoms with Crippen molar-refractivity contribution in [2.45, 2.75) is 25.4 Å². The Morgan fingerprint density at radius 1 is 1.43 bits per heavy atom. The number of morpholine rings is 1. The molecule has 1 aliphatic rings. The molecule has 7 heteroatoms. The summed E-state index contributed by atoms with van der Waals surface area (Å²) in [4.78, 5) is 16.9. The monoisotopic (exact) mass is 354 g/mol. The first-order valence-corrected chi connectivity index (χ1v) is 7.90. The second-order valence-corrected chi connectivity index (χ2v) is 6.32. The van der Waals surface area contributed by atoms with E-state index in [0.29, 0.717) is 12.1 Å². The van der Waals surface area contributed by atoms with Crippen LogP contribution in [0.25, 0.3) is 11.0 Å². The lowest BCUT2D eigenvalue weighted by Crippen LogP contribution is -2.43. The van der Waals surface area contributed by atoms with Crippen LogP contribution < -0.4 is 16.3 Å². The number of aromatic nitrogens is 2. The van der Waals surface area contributed by atoms with Crippen LogP contribution in [0.3, 0.4) is 0 Å². The molecule has 0 radical (unpaired) electrons. The van der Waals surface area contributed by atoms with E-state index in [1.54, 1.807) is 0 Å². The fourth-order valence-corrected chi connectivity index (χ4v) is 3.15. The molecule has 1 aliphatic heterocycles. The van der Waals surface area contributed by atoms with Crippen molar-refractivity contribution < 1.29 is 4.74 Å². The Morgan fingerprint density at radius 2 is 2.19 bits per heavy atom. The molecule has 21 heavy (non-hydrogen) atoms. The summed E-state index contributed by atoms with van der Waals surface area (Å²) in [6.07, 6.45) is 0.980. The standard InChI is InChI=1S/C14H19BrN4O2/c1-8(4-9-7-21-3-2-16-9)17-11-6-13-12(5-10(11)15)18-14(20)19-13/h5-6,8-9,16-17H,2-4,7H2,1H3,(H2,18,19,20). The lowest BCUT2D eigenvalue weighted by Gasteiger charge is -2.27. The van der Waals surface area contributed by atoms with Gasteiger partial charge in [0.2, 0.25) is 0 Å². The molecule has 3 rings (SSSR count). The van der Waals surface area contributed by atoms with Gasteiger partial charge >= 0.3 is 5.69 Å². The highest BCUT2D eigenvalue weighted by atomic mass is 79.9. The maximum atomic E-state index is 11.3. The van der Waals surface area contributed by atoms with Crippen LogP contribution in [-0.4, -0.2) is 41.8 Å². The second kappa shape index (κ2) is 6.21. The molecule has 1 fully saturated rings. The predicted octanol–water partition coefficient (Wildman–Crippen LogP) is 1.80. The van der Waals surface area contributed by atoms with Gasteiger partial charge in [0.1, 0.15) is 0 Å². The van der Waals surface area contributed by atoms with Gasteiger partial charge in [0.25, 0.3) is 0 Å². The normalized spacial score (nSPS) is 20.6. The van der Waals surface area contributed by atoms with Crippen molar-refractivity contribution in [2.75, 3.05) is 25.1 Å². The molecule has 0 aliphatic carbocycles. The summed E-state index contributed by atoms with van der Waals surface area (Å²) >= 11 is 3.54. The minimum atomic E-state index is -0.189. The summed E-state index contributed by atoms with van der Waals surface area (Å²) < 4.78 is 6.41. The number of rotatable bonds is 4. The second-order valence-electron chi connectivity index (χ2n) is 5.46. The number of imidazole rings is 1. The quantitative estimate of drug-likeness (QED) is 0.674. The molecule has 0 bridgehead atoms. The molecule has 2 unspecified atom stereocenters. The molecule has 4 N–H and O–H groups in total. The number of fused-ring (bicyclic) bond motifs is 1. The summed E-state index contributed by atoms with van der Waals surface area (Å²) in [6.45, 7) is 4.61. The molecule has 6 nitrogen and oxygen atoms in total. The van der Waals surface area contributed by atoms with Crippen LogP contribution in [0.15, 0.2) is 21.4 Å². The number of nitrogens with one attached hydrogen (secondary N) is 4. The minimum Gasteiger partial charge on any atom is -0.382 e. The Balaban J connectivity index is 1.71. The van der Waals surface area contributed by atoms with E-state index in [1.165, 1.54) is 0 Å². The number of halogens is 1. The molecule has 1 aromatic carbocycles.